The number of halogens is 2. The van der Waals surface area contributed by atoms with E-state index in [9.17, 15) is 4.79 Å². The molecule has 2 aliphatic rings. The van der Waals surface area contributed by atoms with E-state index in [0.29, 0.717) is 5.92 Å². The van der Waals surface area contributed by atoms with Crippen LogP contribution in [0, 0.1) is 12.8 Å². The second kappa shape index (κ2) is 9.50. The van der Waals surface area contributed by atoms with Crippen molar-refractivity contribution >= 4 is 36.4 Å². The Labute approximate surface area is 157 Å². The van der Waals surface area contributed by atoms with E-state index in [1.165, 1.54) is 12.8 Å². The van der Waals surface area contributed by atoms with Crippen LogP contribution in [0.4, 0.5) is 5.69 Å². The molecule has 1 aromatic rings. The summed E-state index contributed by atoms with van der Waals surface area (Å²) in [5.41, 5.74) is 3.08. The third-order valence-corrected chi connectivity index (χ3v) is 4.95. The zero-order valence-electron chi connectivity index (χ0n) is 14.5. The van der Waals surface area contributed by atoms with Gasteiger partial charge in [-0.3, -0.25) is 4.79 Å². The van der Waals surface area contributed by atoms with Gasteiger partial charge in [-0.05, 0) is 57.3 Å². The molecule has 4 nitrogen and oxygen atoms in total. The van der Waals surface area contributed by atoms with Crippen molar-refractivity contribution in [2.45, 2.75) is 39.2 Å². The lowest BCUT2D eigenvalue weighted by Crippen LogP contribution is -2.48. The summed E-state index contributed by atoms with van der Waals surface area (Å²) in [5, 5.41) is 6.65. The van der Waals surface area contributed by atoms with Gasteiger partial charge in [-0.25, -0.2) is 0 Å². The van der Waals surface area contributed by atoms with Gasteiger partial charge in [0.25, 0.3) is 5.91 Å². The maximum Gasteiger partial charge on any atom is 0.253 e. The Morgan fingerprint density at radius 3 is 2.62 bits per heavy atom. The van der Waals surface area contributed by atoms with Gasteiger partial charge in [0, 0.05) is 24.8 Å². The molecule has 0 aromatic heterocycles. The van der Waals surface area contributed by atoms with E-state index in [4.69, 9.17) is 0 Å². The molecule has 2 saturated heterocycles. The average molecular weight is 374 g/mol. The molecule has 2 unspecified atom stereocenters. The van der Waals surface area contributed by atoms with Crippen molar-refractivity contribution in [3.63, 3.8) is 0 Å². The number of benzene rings is 1. The minimum Gasteiger partial charge on any atom is -0.371 e. The van der Waals surface area contributed by atoms with Gasteiger partial charge in [-0.2, -0.15) is 0 Å². The molecular formula is C18H29Cl2N3O. The summed E-state index contributed by atoms with van der Waals surface area (Å²) >= 11 is 0. The molecule has 2 N–H and O–H groups in total. The van der Waals surface area contributed by atoms with Gasteiger partial charge in [0.2, 0.25) is 0 Å². The molecule has 2 fully saturated rings. The lowest BCUT2D eigenvalue weighted by molar-refractivity contribution is 0.0914. The second-order valence-electron chi connectivity index (χ2n) is 6.76. The molecule has 24 heavy (non-hydrogen) atoms. The van der Waals surface area contributed by atoms with Crippen LogP contribution in [-0.4, -0.2) is 38.1 Å². The number of hydrogen-bond donors (Lipinski definition) is 2. The molecule has 3 rings (SSSR count). The van der Waals surface area contributed by atoms with E-state index >= 15 is 0 Å². The molecule has 2 aliphatic heterocycles. The number of nitrogens with zero attached hydrogens (tertiary/aromatic N) is 1. The Hall–Kier alpha value is -0.970. The van der Waals surface area contributed by atoms with Crippen molar-refractivity contribution < 1.29 is 4.79 Å². The van der Waals surface area contributed by atoms with Gasteiger partial charge in [0.15, 0.2) is 0 Å². The first-order chi connectivity index (χ1) is 10.6. The van der Waals surface area contributed by atoms with E-state index < -0.39 is 0 Å². The first kappa shape index (κ1) is 21.1. The summed E-state index contributed by atoms with van der Waals surface area (Å²) in [6, 6.07) is 6.54. The zero-order valence-corrected chi connectivity index (χ0v) is 16.1. The van der Waals surface area contributed by atoms with E-state index in [1.54, 1.807) is 0 Å². The zero-order chi connectivity index (χ0) is 15.5. The number of amides is 1. The highest BCUT2D eigenvalue weighted by Gasteiger charge is 2.25. The Balaban J connectivity index is 0.00000144. The normalized spacial score (nSPS) is 23.2. The van der Waals surface area contributed by atoms with Gasteiger partial charge in [0.05, 0.1) is 5.56 Å². The molecule has 0 radical (unpaired) electrons. The fraction of sp³-hybridized carbons (Fsp3) is 0.611. The number of nitrogens with one attached hydrogen (secondary N) is 2. The Kier molecular flexibility index (Phi) is 8.34. The highest BCUT2D eigenvalue weighted by Crippen LogP contribution is 2.26. The summed E-state index contributed by atoms with van der Waals surface area (Å²) in [6.45, 7) is 8.35. The second-order valence-corrected chi connectivity index (χ2v) is 6.76. The van der Waals surface area contributed by atoms with Gasteiger partial charge in [-0.1, -0.05) is 18.6 Å². The molecule has 136 valence electrons. The predicted octanol–water partition coefficient (Wildman–Crippen LogP) is 3.17. The van der Waals surface area contributed by atoms with Gasteiger partial charge >= 0.3 is 0 Å². The number of aryl methyl sites for hydroxylation is 1. The van der Waals surface area contributed by atoms with Crippen molar-refractivity contribution in [2.75, 3.05) is 31.1 Å². The number of carbonyl (C=O) groups excluding carboxylic acids is 1. The minimum atomic E-state index is 0. The monoisotopic (exact) mass is 373 g/mol. The first-order valence-corrected chi connectivity index (χ1v) is 8.52. The number of rotatable bonds is 3. The van der Waals surface area contributed by atoms with Crippen molar-refractivity contribution in [1.82, 2.24) is 10.6 Å². The summed E-state index contributed by atoms with van der Waals surface area (Å²) in [4.78, 5) is 15.2. The number of piperidine rings is 1. The largest absolute Gasteiger partial charge is 0.371 e. The van der Waals surface area contributed by atoms with Crippen LogP contribution in [0.2, 0.25) is 0 Å². The van der Waals surface area contributed by atoms with Gasteiger partial charge in [0.1, 0.15) is 0 Å². The van der Waals surface area contributed by atoms with Crippen LogP contribution in [0.5, 0.6) is 0 Å². The summed E-state index contributed by atoms with van der Waals surface area (Å²) in [7, 11) is 0. The number of anilines is 1. The Morgan fingerprint density at radius 2 is 1.96 bits per heavy atom. The standard InChI is InChI=1S/C18H27N3O.2ClH/c1-13-5-6-17(21-9-3-4-10-21)15(11-13)18(22)20-16-7-8-19-12-14(16)2;;/h5-6,11,14,16,19H,3-4,7-10,12H2,1-2H3,(H,20,22);2*1H. The van der Waals surface area contributed by atoms with E-state index in [-0.39, 0.29) is 36.8 Å². The number of carbonyl (C=O) groups is 1. The van der Waals surface area contributed by atoms with Gasteiger partial charge in [-0.15, -0.1) is 24.8 Å². The van der Waals surface area contributed by atoms with Crippen LogP contribution in [0.3, 0.4) is 0 Å². The highest BCUT2D eigenvalue weighted by molar-refractivity contribution is 6.00. The topological polar surface area (TPSA) is 44.4 Å². The Bertz CT molecular complexity index is 547. The molecule has 1 aromatic carbocycles. The fourth-order valence-corrected chi connectivity index (χ4v) is 3.54. The first-order valence-electron chi connectivity index (χ1n) is 8.52. The van der Waals surface area contributed by atoms with Crippen LogP contribution in [0.15, 0.2) is 18.2 Å². The molecule has 2 heterocycles. The summed E-state index contributed by atoms with van der Waals surface area (Å²) in [6.07, 6.45) is 3.46. The third kappa shape index (κ3) is 4.78. The lowest BCUT2D eigenvalue weighted by Gasteiger charge is -2.31. The van der Waals surface area contributed by atoms with Crippen molar-refractivity contribution in [3.05, 3.63) is 29.3 Å². The Morgan fingerprint density at radius 1 is 1.25 bits per heavy atom. The summed E-state index contributed by atoms with van der Waals surface area (Å²) in [5.74, 6) is 0.571. The maximum absolute atomic E-state index is 12.8. The molecule has 0 saturated carbocycles. The molecule has 0 bridgehead atoms. The molecule has 0 spiro atoms. The minimum absolute atomic E-state index is 0. The predicted molar refractivity (Wildman–Crippen MR) is 105 cm³/mol. The van der Waals surface area contributed by atoms with E-state index in [0.717, 1.165) is 49.4 Å². The van der Waals surface area contributed by atoms with Crippen LogP contribution >= 0.6 is 24.8 Å². The van der Waals surface area contributed by atoms with Crippen molar-refractivity contribution in [1.29, 1.82) is 0 Å². The van der Waals surface area contributed by atoms with Crippen LogP contribution in [-0.2, 0) is 0 Å². The van der Waals surface area contributed by atoms with Crippen LogP contribution in [0.1, 0.15) is 42.1 Å². The maximum atomic E-state index is 12.8. The molecule has 1 amide bonds. The third-order valence-electron chi connectivity index (χ3n) is 4.95. The van der Waals surface area contributed by atoms with Crippen molar-refractivity contribution in [2.24, 2.45) is 5.92 Å². The molecule has 2 atom stereocenters. The molecule has 6 heteroatoms. The highest BCUT2D eigenvalue weighted by atomic mass is 35.5. The molecular weight excluding hydrogens is 345 g/mol. The SMILES string of the molecule is Cc1ccc(N2CCCC2)c(C(=O)NC2CCNCC2C)c1.Cl.Cl. The molecule has 0 aliphatic carbocycles. The van der Waals surface area contributed by atoms with Crippen LogP contribution in [0.25, 0.3) is 0 Å². The van der Waals surface area contributed by atoms with E-state index in [1.807, 2.05) is 6.07 Å². The quantitative estimate of drug-likeness (QED) is 0.854. The fourth-order valence-electron chi connectivity index (χ4n) is 3.54. The van der Waals surface area contributed by atoms with Gasteiger partial charge < -0.3 is 15.5 Å². The lowest BCUT2D eigenvalue weighted by atomic mass is 9.95. The van der Waals surface area contributed by atoms with E-state index in [2.05, 4.69) is 41.5 Å². The summed E-state index contributed by atoms with van der Waals surface area (Å²) < 4.78 is 0. The van der Waals surface area contributed by atoms with Crippen molar-refractivity contribution in [3.8, 4) is 0 Å². The van der Waals surface area contributed by atoms with Crippen LogP contribution < -0.4 is 15.5 Å². The average Bonchev–Trinajstić information content (AvgIpc) is 3.03. The number of hydrogen-bond acceptors (Lipinski definition) is 3. The smallest absolute Gasteiger partial charge is 0.253 e.